The number of halogens is 8. The topological polar surface area (TPSA) is 174 Å². The van der Waals surface area contributed by atoms with Gasteiger partial charge in [-0.2, -0.15) is 26.3 Å². The van der Waals surface area contributed by atoms with E-state index in [1.54, 1.807) is 24.3 Å². The van der Waals surface area contributed by atoms with E-state index in [1.807, 2.05) is 56.4 Å². The fourth-order valence-corrected chi connectivity index (χ4v) is 5.40. The lowest BCUT2D eigenvalue weighted by Gasteiger charge is -2.23. The molecule has 12 nitrogen and oxygen atoms in total. The molecular formula is C46H46F8N2O10. The second-order valence-electron chi connectivity index (χ2n) is 14.2. The monoisotopic (exact) mass is 938 g/mol. The maximum Gasteiger partial charge on any atom is 0.416 e. The van der Waals surface area contributed by atoms with Crippen molar-refractivity contribution in [3.63, 3.8) is 0 Å². The number of alkyl halides is 6. The Kier molecular flexibility index (Phi) is 22.2. The van der Waals surface area contributed by atoms with Crippen LogP contribution in [0.15, 0.2) is 127 Å². The van der Waals surface area contributed by atoms with Gasteiger partial charge in [-0.25, -0.2) is 28.0 Å². The second kappa shape index (κ2) is 26.7. The molecule has 0 amide bonds. The van der Waals surface area contributed by atoms with E-state index < -0.39 is 53.5 Å². The van der Waals surface area contributed by atoms with Crippen LogP contribution in [0.25, 0.3) is 0 Å². The van der Waals surface area contributed by atoms with E-state index in [-0.39, 0.29) is 17.7 Å². The maximum absolute atomic E-state index is 13.3. The summed E-state index contributed by atoms with van der Waals surface area (Å²) in [7, 11) is 5.83. The zero-order valence-electron chi connectivity index (χ0n) is 35.5. The number of carboxylic acids is 4. The molecule has 5 aromatic carbocycles. The summed E-state index contributed by atoms with van der Waals surface area (Å²) in [4.78, 5) is 40.5. The van der Waals surface area contributed by atoms with E-state index in [9.17, 15) is 35.1 Å². The summed E-state index contributed by atoms with van der Waals surface area (Å²) in [5.74, 6) is -7.32. The Balaban J connectivity index is 0.000000369. The molecule has 0 radical (unpaired) electrons. The van der Waals surface area contributed by atoms with E-state index in [2.05, 4.69) is 4.90 Å². The fraction of sp³-hybridized carbons (Fsp3) is 0.261. The van der Waals surface area contributed by atoms with Crippen LogP contribution in [0.5, 0.6) is 11.5 Å². The van der Waals surface area contributed by atoms with Crippen LogP contribution in [-0.4, -0.2) is 88.3 Å². The zero-order valence-corrected chi connectivity index (χ0v) is 35.5. The van der Waals surface area contributed by atoms with E-state index in [4.69, 9.17) is 49.1 Å². The molecule has 0 aliphatic carbocycles. The summed E-state index contributed by atoms with van der Waals surface area (Å²) in [5, 5.41) is 29.6. The largest absolute Gasteiger partial charge is 0.486 e. The normalized spacial score (nSPS) is 11.9. The summed E-state index contributed by atoms with van der Waals surface area (Å²) in [6.45, 7) is 2.18. The number of ether oxygens (including phenoxy) is 2. The SMILES string of the molecule is CN(C)CCC(Oc1ccc(C(F)(F)F)cc1)c1ccc(F)cc1.CN(CCC(Oc1ccc(C(F)(F)F)cc1)c1ccc(F)cc1)Cc1ccccc1.O=C(O)C(=O)O.O=C(O)C(=O)O. The number of carbonyl (C=O) groups is 4. The van der Waals surface area contributed by atoms with Gasteiger partial charge in [0.1, 0.15) is 35.3 Å². The van der Waals surface area contributed by atoms with E-state index in [1.165, 1.54) is 54.1 Å². The first kappa shape index (κ1) is 55.1. The van der Waals surface area contributed by atoms with E-state index >= 15 is 0 Å². The number of carboxylic acid groups (broad SMARTS) is 4. The van der Waals surface area contributed by atoms with Crippen LogP contribution in [0, 0.1) is 11.6 Å². The molecule has 5 rings (SSSR count). The molecule has 0 fully saturated rings. The number of hydrogen-bond acceptors (Lipinski definition) is 8. The van der Waals surface area contributed by atoms with Crippen molar-refractivity contribution in [2.75, 3.05) is 34.2 Å². The van der Waals surface area contributed by atoms with Gasteiger partial charge in [0.2, 0.25) is 0 Å². The van der Waals surface area contributed by atoms with Crippen LogP contribution in [0.1, 0.15) is 52.9 Å². The van der Waals surface area contributed by atoms with Crippen LogP contribution >= 0.6 is 0 Å². The van der Waals surface area contributed by atoms with Gasteiger partial charge in [-0.05, 0) is 111 Å². The van der Waals surface area contributed by atoms with Crippen molar-refractivity contribution < 1.29 is 84.2 Å². The van der Waals surface area contributed by atoms with Gasteiger partial charge in [0, 0.05) is 32.5 Å². The first-order chi connectivity index (χ1) is 30.8. The van der Waals surface area contributed by atoms with Crippen molar-refractivity contribution in [1.82, 2.24) is 9.80 Å². The molecule has 0 aliphatic heterocycles. The Labute approximate surface area is 373 Å². The average Bonchev–Trinajstić information content (AvgIpc) is 3.25. The second-order valence-corrected chi connectivity index (χ2v) is 14.2. The van der Waals surface area contributed by atoms with Crippen LogP contribution in [0.4, 0.5) is 35.1 Å². The summed E-state index contributed by atoms with van der Waals surface area (Å²) in [6, 6.07) is 31.2. The first-order valence-electron chi connectivity index (χ1n) is 19.3. The minimum absolute atomic E-state index is 0.336. The minimum atomic E-state index is -4.39. The van der Waals surface area contributed by atoms with E-state index in [0.29, 0.717) is 30.9 Å². The van der Waals surface area contributed by atoms with Gasteiger partial charge in [-0.1, -0.05) is 54.6 Å². The molecule has 2 unspecified atom stereocenters. The number of benzene rings is 5. The average molecular weight is 939 g/mol. The molecule has 0 bridgehead atoms. The highest BCUT2D eigenvalue weighted by Crippen LogP contribution is 2.33. The standard InChI is InChI=1S/C24H23F4NO.C18H19F4NO.2C2H2O4/c1-29(17-18-5-3-2-4-6-18)16-15-23(19-7-11-21(25)12-8-19)30-22-13-9-20(10-14-22)24(26,27)28;1-23(2)12-11-17(13-3-7-15(19)8-4-13)24-16-9-5-14(6-10-16)18(20,21)22;2*3-1(4)2(5)6/h2-14,23H,15-17H2,1H3;3-10,17H,11-12H2,1-2H3;2*(H,3,4)(H,5,6). The van der Waals surface area contributed by atoms with E-state index in [0.717, 1.165) is 48.5 Å². The zero-order chi connectivity index (χ0) is 49.6. The number of hydrogen-bond donors (Lipinski definition) is 4. The van der Waals surface area contributed by atoms with Gasteiger partial charge in [0.15, 0.2) is 0 Å². The molecule has 0 aromatic heterocycles. The minimum Gasteiger partial charge on any atom is -0.486 e. The van der Waals surface area contributed by atoms with Gasteiger partial charge < -0.3 is 39.7 Å². The number of aliphatic carboxylic acids is 4. The van der Waals surface area contributed by atoms with Crippen LogP contribution in [-0.2, 0) is 38.1 Å². The third-order valence-electron chi connectivity index (χ3n) is 8.68. The number of nitrogens with zero attached hydrogens (tertiary/aromatic N) is 2. The summed E-state index contributed by atoms with van der Waals surface area (Å²) >= 11 is 0. The summed E-state index contributed by atoms with van der Waals surface area (Å²) in [5.41, 5.74) is 1.28. The van der Waals surface area contributed by atoms with Crippen molar-refractivity contribution >= 4 is 23.9 Å². The van der Waals surface area contributed by atoms with Crippen molar-refractivity contribution in [3.05, 3.63) is 167 Å². The van der Waals surface area contributed by atoms with Gasteiger partial charge in [-0.3, -0.25) is 0 Å². The number of rotatable bonds is 14. The van der Waals surface area contributed by atoms with Gasteiger partial charge in [-0.15, -0.1) is 0 Å². The smallest absolute Gasteiger partial charge is 0.416 e. The molecule has 356 valence electrons. The molecule has 0 saturated carbocycles. The lowest BCUT2D eigenvalue weighted by Crippen LogP contribution is -2.22. The Morgan fingerprint density at radius 1 is 0.500 bits per heavy atom. The Bertz CT molecular complexity index is 2190. The molecule has 0 heterocycles. The van der Waals surface area contributed by atoms with Crippen molar-refractivity contribution in [1.29, 1.82) is 0 Å². The lowest BCUT2D eigenvalue weighted by molar-refractivity contribution is -0.159. The third-order valence-corrected chi connectivity index (χ3v) is 8.68. The molecule has 20 heteroatoms. The molecule has 0 spiro atoms. The summed E-state index contributed by atoms with van der Waals surface area (Å²) < 4.78 is 114. The summed E-state index contributed by atoms with van der Waals surface area (Å²) in [6.07, 6.45) is -8.34. The molecular weight excluding hydrogens is 892 g/mol. The van der Waals surface area contributed by atoms with Crippen LogP contribution < -0.4 is 9.47 Å². The van der Waals surface area contributed by atoms with Crippen LogP contribution in [0.3, 0.4) is 0 Å². The van der Waals surface area contributed by atoms with Gasteiger partial charge in [0.25, 0.3) is 0 Å². The fourth-order valence-electron chi connectivity index (χ4n) is 5.40. The first-order valence-corrected chi connectivity index (χ1v) is 19.3. The maximum atomic E-state index is 13.3. The quantitative estimate of drug-likeness (QED) is 0.0614. The highest BCUT2D eigenvalue weighted by molar-refractivity contribution is 6.27. The predicted molar refractivity (Wildman–Crippen MR) is 224 cm³/mol. The molecule has 2 atom stereocenters. The van der Waals surface area contributed by atoms with Crippen LogP contribution in [0.2, 0.25) is 0 Å². The Hall–Kier alpha value is -7.06. The molecule has 4 N–H and O–H groups in total. The molecule has 5 aromatic rings. The molecule has 66 heavy (non-hydrogen) atoms. The lowest BCUT2D eigenvalue weighted by atomic mass is 10.1. The van der Waals surface area contributed by atoms with Gasteiger partial charge in [0.05, 0.1) is 11.1 Å². The Morgan fingerprint density at radius 2 is 0.833 bits per heavy atom. The van der Waals surface area contributed by atoms with Crippen molar-refractivity contribution in [3.8, 4) is 11.5 Å². The predicted octanol–water partition coefficient (Wildman–Crippen LogP) is 9.71. The highest BCUT2D eigenvalue weighted by Gasteiger charge is 2.31. The molecule has 0 aliphatic rings. The molecule has 0 saturated heterocycles. The van der Waals surface area contributed by atoms with Crippen molar-refractivity contribution in [2.24, 2.45) is 0 Å². The van der Waals surface area contributed by atoms with Crippen molar-refractivity contribution in [2.45, 2.75) is 43.9 Å². The Morgan fingerprint density at radius 3 is 1.14 bits per heavy atom. The highest BCUT2D eigenvalue weighted by atomic mass is 19.4. The van der Waals surface area contributed by atoms with Gasteiger partial charge >= 0.3 is 36.2 Å². The third kappa shape index (κ3) is 21.5.